The zero-order chi connectivity index (χ0) is 16.4. The molecule has 4 heteroatoms. The second-order valence-electron chi connectivity index (χ2n) is 5.49. The summed E-state index contributed by atoms with van der Waals surface area (Å²) in [6.45, 7) is 1.76. The molecule has 0 heterocycles. The predicted octanol–water partition coefficient (Wildman–Crippen LogP) is 3.99. The van der Waals surface area contributed by atoms with Crippen molar-refractivity contribution in [2.45, 2.75) is 12.8 Å². The molecule has 3 N–H and O–H groups in total. The first kappa shape index (κ1) is 14.9. The number of phenolic OH excluding ortho intramolecular Hbond substituents is 2. The van der Waals surface area contributed by atoms with Gasteiger partial charge in [0, 0.05) is 11.1 Å². The number of fused-ring (bicyclic) bond motifs is 1. The Hall–Kier alpha value is -3.01. The Morgan fingerprint density at radius 2 is 1.70 bits per heavy atom. The van der Waals surface area contributed by atoms with Gasteiger partial charge in [-0.25, -0.2) is 0 Å². The minimum absolute atomic E-state index is 0.175. The van der Waals surface area contributed by atoms with Crippen LogP contribution < -0.4 is 5.32 Å². The van der Waals surface area contributed by atoms with E-state index in [0.717, 1.165) is 16.5 Å². The normalized spacial score (nSPS) is 12.0. The van der Waals surface area contributed by atoms with E-state index in [1.54, 1.807) is 13.0 Å². The van der Waals surface area contributed by atoms with Crippen molar-refractivity contribution in [3.8, 4) is 11.5 Å². The topological polar surface area (TPSA) is 69.6 Å². The summed E-state index contributed by atoms with van der Waals surface area (Å²) >= 11 is 0. The average Bonchev–Trinajstić information content (AvgIpc) is 2.57. The van der Waals surface area contributed by atoms with E-state index in [2.05, 4.69) is 5.32 Å². The van der Waals surface area contributed by atoms with E-state index in [9.17, 15) is 15.0 Å². The van der Waals surface area contributed by atoms with Gasteiger partial charge >= 0.3 is 0 Å². The molecule has 0 saturated heterocycles. The molecule has 0 aliphatic heterocycles. The minimum Gasteiger partial charge on any atom is -0.504 e. The standard InChI is InChI=1S/C19H17NO3/c1-12(14-9-10-17(21)18(22)11-14)19(23)20-16-8-4-6-13-5-2-3-7-15(13)16/h2-12,21-22H,1H3,(H,20,23). The van der Waals surface area contributed by atoms with Crippen LogP contribution in [0.15, 0.2) is 60.7 Å². The Balaban J connectivity index is 1.86. The molecule has 1 atom stereocenters. The van der Waals surface area contributed by atoms with Crippen molar-refractivity contribution < 1.29 is 15.0 Å². The number of carbonyl (C=O) groups is 1. The molecule has 1 amide bonds. The highest BCUT2D eigenvalue weighted by Crippen LogP contribution is 2.30. The summed E-state index contributed by atoms with van der Waals surface area (Å²) in [5, 5.41) is 23.9. The van der Waals surface area contributed by atoms with E-state index in [4.69, 9.17) is 0 Å². The van der Waals surface area contributed by atoms with Crippen LogP contribution in [0.2, 0.25) is 0 Å². The van der Waals surface area contributed by atoms with Gasteiger partial charge in [-0.15, -0.1) is 0 Å². The molecule has 23 heavy (non-hydrogen) atoms. The fourth-order valence-electron chi connectivity index (χ4n) is 2.54. The van der Waals surface area contributed by atoms with Gasteiger partial charge in [-0.3, -0.25) is 4.79 Å². The number of benzene rings is 3. The molecular formula is C19H17NO3. The fourth-order valence-corrected chi connectivity index (χ4v) is 2.54. The number of anilines is 1. The monoisotopic (exact) mass is 307 g/mol. The molecule has 3 aromatic rings. The smallest absolute Gasteiger partial charge is 0.231 e. The quantitative estimate of drug-likeness (QED) is 0.641. The van der Waals surface area contributed by atoms with Crippen molar-refractivity contribution in [1.82, 2.24) is 0 Å². The van der Waals surface area contributed by atoms with Crippen LogP contribution in [0.25, 0.3) is 10.8 Å². The van der Waals surface area contributed by atoms with Crippen molar-refractivity contribution in [2.24, 2.45) is 0 Å². The summed E-state index contributed by atoms with van der Waals surface area (Å²) in [4.78, 5) is 12.5. The molecule has 0 aliphatic carbocycles. The second kappa shape index (κ2) is 6.01. The van der Waals surface area contributed by atoms with Crippen molar-refractivity contribution in [1.29, 1.82) is 0 Å². The van der Waals surface area contributed by atoms with Crippen LogP contribution in [0.3, 0.4) is 0 Å². The van der Waals surface area contributed by atoms with Gasteiger partial charge in [-0.05, 0) is 36.1 Å². The van der Waals surface area contributed by atoms with Crippen LogP contribution in [0.1, 0.15) is 18.4 Å². The molecule has 3 rings (SSSR count). The molecule has 1 unspecified atom stereocenters. The van der Waals surface area contributed by atoms with E-state index in [1.807, 2.05) is 42.5 Å². The number of nitrogens with one attached hydrogen (secondary N) is 1. The van der Waals surface area contributed by atoms with E-state index >= 15 is 0 Å². The second-order valence-corrected chi connectivity index (χ2v) is 5.49. The molecule has 0 spiro atoms. The summed E-state index contributed by atoms with van der Waals surface area (Å²) in [6.07, 6.45) is 0. The van der Waals surface area contributed by atoms with Crippen LogP contribution in [-0.2, 0) is 4.79 Å². The molecular weight excluding hydrogens is 290 g/mol. The first-order valence-corrected chi connectivity index (χ1v) is 7.37. The van der Waals surface area contributed by atoms with Gasteiger partial charge in [0.25, 0.3) is 0 Å². The lowest BCUT2D eigenvalue weighted by Gasteiger charge is -2.14. The summed E-state index contributed by atoms with van der Waals surface area (Å²) in [5.74, 6) is -1.06. The van der Waals surface area contributed by atoms with Crippen molar-refractivity contribution in [3.63, 3.8) is 0 Å². The van der Waals surface area contributed by atoms with Gasteiger partial charge in [-0.2, -0.15) is 0 Å². The average molecular weight is 307 g/mol. The molecule has 0 aromatic heterocycles. The number of phenols is 2. The van der Waals surface area contributed by atoms with Gasteiger partial charge in [-0.1, -0.05) is 42.5 Å². The first-order valence-electron chi connectivity index (χ1n) is 7.37. The van der Waals surface area contributed by atoms with Crippen molar-refractivity contribution in [3.05, 3.63) is 66.2 Å². The molecule has 4 nitrogen and oxygen atoms in total. The largest absolute Gasteiger partial charge is 0.504 e. The van der Waals surface area contributed by atoms with Gasteiger partial charge in [0.1, 0.15) is 0 Å². The number of rotatable bonds is 3. The number of amides is 1. The maximum atomic E-state index is 12.5. The Bertz CT molecular complexity index is 868. The predicted molar refractivity (Wildman–Crippen MR) is 90.8 cm³/mol. The molecule has 0 saturated carbocycles. The lowest BCUT2D eigenvalue weighted by molar-refractivity contribution is -0.117. The molecule has 0 bridgehead atoms. The first-order chi connectivity index (χ1) is 11.1. The van der Waals surface area contributed by atoms with Crippen LogP contribution in [-0.4, -0.2) is 16.1 Å². The number of carbonyl (C=O) groups excluding carboxylic acids is 1. The number of aromatic hydroxyl groups is 2. The zero-order valence-electron chi connectivity index (χ0n) is 12.7. The van der Waals surface area contributed by atoms with Crippen LogP contribution in [0.4, 0.5) is 5.69 Å². The van der Waals surface area contributed by atoms with Crippen molar-refractivity contribution >= 4 is 22.4 Å². The Labute approximate surface area is 134 Å². The van der Waals surface area contributed by atoms with Gasteiger partial charge in [0.15, 0.2) is 11.5 Å². The van der Waals surface area contributed by atoms with E-state index < -0.39 is 5.92 Å². The fraction of sp³-hybridized carbons (Fsp3) is 0.105. The van der Waals surface area contributed by atoms with Gasteiger partial charge in [0.2, 0.25) is 5.91 Å². The Morgan fingerprint density at radius 3 is 2.48 bits per heavy atom. The van der Waals surface area contributed by atoms with E-state index in [-0.39, 0.29) is 17.4 Å². The third kappa shape index (κ3) is 2.97. The summed E-state index contributed by atoms with van der Waals surface area (Å²) in [5.41, 5.74) is 1.39. The maximum Gasteiger partial charge on any atom is 0.231 e. The third-order valence-corrected chi connectivity index (χ3v) is 3.94. The highest BCUT2D eigenvalue weighted by molar-refractivity contribution is 6.04. The molecule has 116 valence electrons. The van der Waals surface area contributed by atoms with Crippen LogP contribution >= 0.6 is 0 Å². The van der Waals surface area contributed by atoms with Crippen LogP contribution in [0.5, 0.6) is 11.5 Å². The molecule has 0 fully saturated rings. The van der Waals surface area contributed by atoms with Gasteiger partial charge < -0.3 is 15.5 Å². The lowest BCUT2D eigenvalue weighted by atomic mass is 9.99. The Morgan fingerprint density at radius 1 is 0.957 bits per heavy atom. The number of hydrogen-bond acceptors (Lipinski definition) is 3. The van der Waals surface area contributed by atoms with E-state index in [1.165, 1.54) is 12.1 Å². The van der Waals surface area contributed by atoms with E-state index in [0.29, 0.717) is 5.56 Å². The lowest BCUT2D eigenvalue weighted by Crippen LogP contribution is -2.19. The van der Waals surface area contributed by atoms with Gasteiger partial charge in [0.05, 0.1) is 5.92 Å². The highest BCUT2D eigenvalue weighted by atomic mass is 16.3. The summed E-state index contributed by atoms with van der Waals surface area (Å²) < 4.78 is 0. The third-order valence-electron chi connectivity index (χ3n) is 3.94. The molecule has 3 aromatic carbocycles. The highest BCUT2D eigenvalue weighted by Gasteiger charge is 2.17. The summed E-state index contributed by atoms with van der Waals surface area (Å²) in [7, 11) is 0. The zero-order valence-corrected chi connectivity index (χ0v) is 12.7. The van der Waals surface area contributed by atoms with Crippen LogP contribution in [0, 0.1) is 0 Å². The summed E-state index contributed by atoms with van der Waals surface area (Å²) in [6, 6.07) is 18.0. The van der Waals surface area contributed by atoms with Crippen molar-refractivity contribution in [2.75, 3.05) is 5.32 Å². The number of hydrogen-bond donors (Lipinski definition) is 3. The SMILES string of the molecule is CC(C(=O)Nc1cccc2ccccc12)c1ccc(O)c(O)c1. The maximum absolute atomic E-state index is 12.5. The minimum atomic E-state index is -0.458. The molecule has 0 aliphatic rings. The Kier molecular flexibility index (Phi) is 3.89. The molecule has 0 radical (unpaired) electrons.